The number of rotatable bonds is 5. The quantitative estimate of drug-likeness (QED) is 0.422. The van der Waals surface area contributed by atoms with Crippen molar-refractivity contribution in [3.8, 4) is 5.75 Å². The Labute approximate surface area is 213 Å². The SMILES string of the molecule is CN1CCOc2ccc(S(=O)(=O)N3CCC(c4nc5c(nnn5Cc5ccccc5)c(=O)[nH]4)CC3)cc21. The van der Waals surface area contributed by atoms with Crippen molar-refractivity contribution in [2.75, 3.05) is 38.2 Å². The topological polar surface area (TPSA) is 126 Å². The van der Waals surface area contributed by atoms with E-state index in [9.17, 15) is 13.2 Å². The molecule has 2 aliphatic heterocycles. The Morgan fingerprint density at radius 2 is 1.86 bits per heavy atom. The van der Waals surface area contributed by atoms with Crippen LogP contribution in [0.3, 0.4) is 0 Å². The lowest BCUT2D eigenvalue weighted by Gasteiger charge is -2.32. The average Bonchev–Trinajstić information content (AvgIpc) is 3.32. The molecule has 1 N–H and O–H groups in total. The predicted molar refractivity (Wildman–Crippen MR) is 137 cm³/mol. The Balaban J connectivity index is 1.21. The number of anilines is 1. The minimum atomic E-state index is -3.67. The zero-order valence-corrected chi connectivity index (χ0v) is 21.2. The Bertz CT molecular complexity index is 1610. The number of fused-ring (bicyclic) bond motifs is 2. The number of H-pyrrole nitrogens is 1. The molecule has 0 atom stereocenters. The maximum atomic E-state index is 13.4. The van der Waals surface area contributed by atoms with Gasteiger partial charge in [-0.1, -0.05) is 35.5 Å². The molecule has 12 heteroatoms. The van der Waals surface area contributed by atoms with Crippen LogP contribution in [-0.2, 0) is 16.6 Å². The summed E-state index contributed by atoms with van der Waals surface area (Å²) in [5.74, 6) is 1.16. The highest BCUT2D eigenvalue weighted by Crippen LogP contribution is 2.35. The second-order valence-electron chi connectivity index (χ2n) is 9.43. The molecule has 4 aromatic rings. The number of nitrogens with zero attached hydrogens (tertiary/aromatic N) is 6. The van der Waals surface area contributed by atoms with Crippen LogP contribution in [0.15, 0.2) is 58.2 Å². The summed E-state index contributed by atoms with van der Waals surface area (Å²) in [5, 5.41) is 8.16. The molecule has 1 fully saturated rings. The number of nitrogens with one attached hydrogen (secondary N) is 1. The number of likely N-dealkylation sites (N-methyl/N-ethyl adjacent to an activating group) is 1. The van der Waals surface area contributed by atoms with E-state index < -0.39 is 10.0 Å². The predicted octanol–water partition coefficient (Wildman–Crippen LogP) is 1.96. The summed E-state index contributed by atoms with van der Waals surface area (Å²) in [4.78, 5) is 22.5. The minimum Gasteiger partial charge on any atom is -0.490 e. The van der Waals surface area contributed by atoms with Gasteiger partial charge in [-0.25, -0.2) is 18.1 Å². The van der Waals surface area contributed by atoms with E-state index in [1.54, 1.807) is 22.9 Å². The molecular weight excluding hydrogens is 494 g/mol. The molecule has 0 amide bonds. The number of sulfonamides is 1. The van der Waals surface area contributed by atoms with E-state index in [2.05, 4.69) is 15.3 Å². The molecule has 0 bridgehead atoms. The van der Waals surface area contributed by atoms with Crippen molar-refractivity contribution in [3.05, 3.63) is 70.3 Å². The number of aromatic nitrogens is 5. The smallest absolute Gasteiger partial charge is 0.281 e. The van der Waals surface area contributed by atoms with Gasteiger partial charge >= 0.3 is 0 Å². The third kappa shape index (κ3) is 4.36. The van der Waals surface area contributed by atoms with E-state index in [0.29, 0.717) is 62.8 Å². The van der Waals surface area contributed by atoms with E-state index in [1.165, 1.54) is 4.31 Å². The van der Waals surface area contributed by atoms with Gasteiger partial charge in [0.05, 0.1) is 23.7 Å². The highest BCUT2D eigenvalue weighted by Gasteiger charge is 2.32. The Morgan fingerprint density at radius 1 is 1.08 bits per heavy atom. The van der Waals surface area contributed by atoms with Gasteiger partial charge in [0.15, 0.2) is 11.2 Å². The van der Waals surface area contributed by atoms with E-state index in [4.69, 9.17) is 9.72 Å². The van der Waals surface area contributed by atoms with Gasteiger partial charge in [-0.3, -0.25) is 4.79 Å². The minimum absolute atomic E-state index is 0.0771. The fraction of sp³-hybridized carbons (Fsp3) is 0.360. The summed E-state index contributed by atoms with van der Waals surface area (Å²) in [5.41, 5.74) is 2.09. The molecule has 0 aliphatic carbocycles. The number of aromatic amines is 1. The van der Waals surface area contributed by atoms with Gasteiger partial charge in [0.2, 0.25) is 10.0 Å². The molecule has 6 rings (SSSR count). The highest BCUT2D eigenvalue weighted by molar-refractivity contribution is 7.89. The second-order valence-corrected chi connectivity index (χ2v) is 11.4. The van der Waals surface area contributed by atoms with E-state index in [1.807, 2.05) is 42.3 Å². The Morgan fingerprint density at radius 3 is 2.65 bits per heavy atom. The van der Waals surface area contributed by atoms with Crippen molar-refractivity contribution in [3.63, 3.8) is 0 Å². The molecule has 0 unspecified atom stereocenters. The molecule has 37 heavy (non-hydrogen) atoms. The zero-order valence-electron chi connectivity index (χ0n) is 20.4. The molecule has 192 valence electrons. The number of benzene rings is 2. The molecule has 2 aromatic heterocycles. The van der Waals surface area contributed by atoms with Crippen LogP contribution < -0.4 is 15.2 Å². The summed E-state index contributed by atoms with van der Waals surface area (Å²) in [6, 6.07) is 14.8. The van der Waals surface area contributed by atoms with Crippen LogP contribution in [0, 0.1) is 0 Å². The number of hydrogen-bond donors (Lipinski definition) is 1. The van der Waals surface area contributed by atoms with Gasteiger partial charge in [0, 0.05) is 26.1 Å². The van der Waals surface area contributed by atoms with Crippen LogP contribution in [0.25, 0.3) is 11.2 Å². The van der Waals surface area contributed by atoms with Crippen LogP contribution in [0.2, 0.25) is 0 Å². The van der Waals surface area contributed by atoms with Gasteiger partial charge in [0.25, 0.3) is 5.56 Å². The standard InChI is InChI=1S/C25H27N7O4S/c1-30-13-14-36-21-8-7-19(15-20(21)30)37(34,35)31-11-9-18(10-12-31)23-26-24-22(25(33)27-23)28-29-32(24)16-17-5-3-2-4-6-17/h2-8,15,18H,9-14,16H2,1H3,(H,26,27,33). The molecule has 2 aliphatic rings. The lowest BCUT2D eigenvalue weighted by molar-refractivity contribution is 0.309. The zero-order chi connectivity index (χ0) is 25.6. The molecule has 4 heterocycles. The lowest BCUT2D eigenvalue weighted by atomic mass is 9.97. The first-order valence-electron chi connectivity index (χ1n) is 12.3. The summed E-state index contributed by atoms with van der Waals surface area (Å²) in [7, 11) is -1.74. The monoisotopic (exact) mass is 521 g/mol. The molecule has 2 aromatic carbocycles. The van der Waals surface area contributed by atoms with Crippen molar-refractivity contribution in [1.29, 1.82) is 0 Å². The maximum absolute atomic E-state index is 13.4. The first-order chi connectivity index (χ1) is 17.9. The van der Waals surface area contributed by atoms with Crippen LogP contribution in [0.4, 0.5) is 5.69 Å². The first-order valence-corrected chi connectivity index (χ1v) is 13.7. The fourth-order valence-electron chi connectivity index (χ4n) is 4.95. The van der Waals surface area contributed by atoms with Gasteiger partial charge in [-0.15, -0.1) is 5.10 Å². The summed E-state index contributed by atoms with van der Waals surface area (Å²) in [6.45, 7) is 2.40. The number of hydrogen-bond acceptors (Lipinski definition) is 8. The van der Waals surface area contributed by atoms with Gasteiger partial charge in [0.1, 0.15) is 18.2 Å². The Hall–Kier alpha value is -3.77. The molecular formula is C25H27N7O4S. The van der Waals surface area contributed by atoms with Crippen LogP contribution in [0.1, 0.15) is 30.1 Å². The summed E-state index contributed by atoms with van der Waals surface area (Å²) < 4.78 is 35.6. The summed E-state index contributed by atoms with van der Waals surface area (Å²) in [6.07, 6.45) is 1.09. The maximum Gasteiger partial charge on any atom is 0.281 e. The van der Waals surface area contributed by atoms with Crippen molar-refractivity contribution >= 4 is 26.9 Å². The van der Waals surface area contributed by atoms with Crippen molar-refractivity contribution in [2.24, 2.45) is 0 Å². The van der Waals surface area contributed by atoms with E-state index >= 15 is 0 Å². The molecule has 0 spiro atoms. The number of piperidine rings is 1. The second kappa shape index (κ2) is 9.27. The summed E-state index contributed by atoms with van der Waals surface area (Å²) >= 11 is 0. The van der Waals surface area contributed by atoms with Crippen molar-refractivity contribution < 1.29 is 13.2 Å². The van der Waals surface area contributed by atoms with Crippen molar-refractivity contribution in [2.45, 2.75) is 30.2 Å². The fourth-order valence-corrected chi connectivity index (χ4v) is 6.44. The molecule has 0 saturated carbocycles. The van der Waals surface area contributed by atoms with Crippen LogP contribution in [-0.4, -0.2) is 71.0 Å². The third-order valence-corrected chi connectivity index (χ3v) is 8.97. The largest absolute Gasteiger partial charge is 0.490 e. The van der Waals surface area contributed by atoms with Gasteiger partial charge < -0.3 is 14.6 Å². The average molecular weight is 522 g/mol. The molecule has 0 radical (unpaired) electrons. The van der Waals surface area contributed by atoms with Crippen LogP contribution >= 0.6 is 0 Å². The van der Waals surface area contributed by atoms with E-state index in [0.717, 1.165) is 11.3 Å². The first kappa shape index (κ1) is 23.6. The molecule has 11 nitrogen and oxygen atoms in total. The third-order valence-electron chi connectivity index (χ3n) is 7.07. The Kier molecular flexibility index (Phi) is 5.92. The van der Waals surface area contributed by atoms with Gasteiger partial charge in [-0.05, 0) is 36.6 Å². The highest BCUT2D eigenvalue weighted by atomic mass is 32.2. The van der Waals surface area contributed by atoms with Crippen LogP contribution in [0.5, 0.6) is 5.75 Å². The lowest BCUT2D eigenvalue weighted by Crippen LogP contribution is -2.38. The number of ether oxygens (including phenoxy) is 1. The molecule has 1 saturated heterocycles. The normalized spacial score (nSPS) is 17.1. The van der Waals surface area contributed by atoms with Gasteiger partial charge in [-0.2, -0.15) is 4.31 Å². The van der Waals surface area contributed by atoms with Crippen molar-refractivity contribution in [1.82, 2.24) is 29.3 Å². The van der Waals surface area contributed by atoms with E-state index in [-0.39, 0.29) is 21.9 Å².